The predicted octanol–water partition coefficient (Wildman–Crippen LogP) is 1.68. The van der Waals surface area contributed by atoms with Gasteiger partial charge in [0.05, 0.1) is 24.1 Å². The summed E-state index contributed by atoms with van der Waals surface area (Å²) in [7, 11) is 0. The fraction of sp³-hybridized carbons (Fsp3) is 0.444. The average Bonchev–Trinajstić information content (AvgIpc) is 2.24. The summed E-state index contributed by atoms with van der Waals surface area (Å²) in [5.41, 5.74) is 0. The summed E-state index contributed by atoms with van der Waals surface area (Å²) in [4.78, 5) is 4.22. The molecule has 1 fully saturated rings. The second kappa shape index (κ2) is 4.07. The third-order valence-electron chi connectivity index (χ3n) is 1.35. The molecule has 0 saturated carbocycles. The van der Waals surface area contributed by atoms with Crippen LogP contribution in [0.3, 0.4) is 0 Å². The Bertz CT molecular complexity index is 540. The van der Waals surface area contributed by atoms with Crippen LogP contribution in [0.4, 0.5) is 5.82 Å². The topological polar surface area (TPSA) is 25.4 Å². The number of hydrogen-bond donors (Lipinski definition) is 0. The van der Waals surface area contributed by atoms with E-state index in [9.17, 15) is 0 Å². The molecule has 1 aromatic heterocycles. The second-order valence-corrected chi connectivity index (χ2v) is 3.00. The van der Waals surface area contributed by atoms with Crippen molar-refractivity contribution in [1.29, 1.82) is 0 Å². The van der Waals surface area contributed by atoms with Crippen LogP contribution in [0.1, 0.15) is 11.0 Å². The van der Waals surface area contributed by atoms with Crippen molar-refractivity contribution in [3.05, 3.63) is 22.8 Å². The van der Waals surface area contributed by atoms with E-state index < -0.39 is 26.1 Å². The molecule has 0 aromatic carbocycles. The Labute approximate surface area is 97.1 Å². The Hall–Kier alpha value is -0.610. The number of ether oxygens (including phenoxy) is 1. The molecular weight excluding hydrogens is 232 g/mol. The molecule has 0 N–H and O–H groups in total. The molecule has 0 amide bonds. The first-order valence-corrected chi connectivity index (χ1v) is 4.25. The Kier molecular flexibility index (Phi) is 1.10. The van der Waals surface area contributed by atoms with Crippen molar-refractivity contribution in [1.82, 2.24) is 4.98 Å². The number of morpholine rings is 1. The van der Waals surface area contributed by atoms with E-state index in [2.05, 4.69) is 25.7 Å². The molecule has 70 valence electrons. The maximum Gasteiger partial charge on any atom is 0.130 e. The quantitative estimate of drug-likeness (QED) is 0.710. The van der Waals surface area contributed by atoms with Gasteiger partial charge in [0.15, 0.2) is 0 Å². The minimum Gasteiger partial charge on any atom is -0.378 e. The first-order chi connectivity index (χ1) is 9.33. The molecule has 0 bridgehead atoms. The number of hydrogen-bond acceptors (Lipinski definition) is 3. The van der Waals surface area contributed by atoms with Crippen LogP contribution in [0.5, 0.6) is 0 Å². The van der Waals surface area contributed by atoms with Crippen molar-refractivity contribution in [2.24, 2.45) is 0 Å². The van der Waals surface area contributed by atoms with Crippen LogP contribution >= 0.6 is 15.9 Å². The van der Waals surface area contributed by atoms with Gasteiger partial charge in [-0.15, -0.1) is 0 Å². The van der Waals surface area contributed by atoms with Crippen LogP contribution in [-0.4, -0.2) is 31.1 Å². The van der Waals surface area contributed by atoms with Crippen LogP contribution in [0, 0.1) is 0 Å². The van der Waals surface area contributed by atoms with Crippen LogP contribution in [0.15, 0.2) is 22.8 Å². The monoisotopic (exact) mass is 250 g/mol. The maximum absolute atomic E-state index is 7.86. The van der Waals surface area contributed by atoms with Crippen molar-refractivity contribution in [3.8, 4) is 0 Å². The van der Waals surface area contributed by atoms with Gasteiger partial charge in [-0.25, -0.2) is 4.98 Å². The number of nitrogens with zero attached hydrogens (tertiary/aromatic N) is 2. The van der Waals surface area contributed by atoms with E-state index in [0.717, 1.165) is 0 Å². The molecule has 0 aliphatic carbocycles. The Balaban J connectivity index is 2.67. The van der Waals surface area contributed by atoms with Crippen molar-refractivity contribution in [3.63, 3.8) is 0 Å². The van der Waals surface area contributed by atoms with Gasteiger partial charge in [0.25, 0.3) is 0 Å². The van der Waals surface area contributed by atoms with E-state index in [0.29, 0.717) is 4.90 Å². The maximum atomic E-state index is 7.86. The summed E-state index contributed by atoms with van der Waals surface area (Å²) in [6.07, 6.45) is 0. The first-order valence-electron chi connectivity index (χ1n) is 7.46. The number of aromatic nitrogens is 1. The zero-order valence-corrected chi connectivity index (χ0v) is 8.00. The number of halogens is 1. The van der Waals surface area contributed by atoms with Gasteiger partial charge in [0, 0.05) is 13.0 Å². The highest BCUT2D eigenvalue weighted by Gasteiger charge is 2.11. The summed E-state index contributed by atoms with van der Waals surface area (Å²) in [6.45, 7) is -12.1. The van der Waals surface area contributed by atoms with Crippen molar-refractivity contribution >= 4 is 21.7 Å². The summed E-state index contributed by atoms with van der Waals surface area (Å²) < 4.78 is 66.4. The van der Waals surface area contributed by atoms with Gasteiger partial charge in [-0.3, -0.25) is 0 Å². The van der Waals surface area contributed by atoms with Crippen LogP contribution in [0.25, 0.3) is 0 Å². The fourth-order valence-corrected chi connectivity index (χ4v) is 1.16. The zero-order valence-electron chi connectivity index (χ0n) is 14.4. The zero-order chi connectivity index (χ0) is 16.3. The number of rotatable bonds is 1. The third kappa shape index (κ3) is 2.19. The van der Waals surface area contributed by atoms with Crippen LogP contribution in [0.2, 0.25) is 0 Å². The van der Waals surface area contributed by atoms with Gasteiger partial charge in [-0.2, -0.15) is 0 Å². The van der Waals surface area contributed by atoms with E-state index in [1.807, 2.05) is 0 Å². The molecule has 1 aliphatic heterocycles. The Morgan fingerprint density at radius 2 is 2.23 bits per heavy atom. The summed E-state index contributed by atoms with van der Waals surface area (Å²) in [5, 5.41) is 0. The van der Waals surface area contributed by atoms with E-state index >= 15 is 0 Å². The molecule has 2 heterocycles. The number of anilines is 1. The lowest BCUT2D eigenvalue weighted by atomic mass is 10.4. The highest BCUT2D eigenvalue weighted by molar-refractivity contribution is 9.10. The molecule has 13 heavy (non-hydrogen) atoms. The normalized spacial score (nSPS) is 42.1. The fourth-order valence-electron chi connectivity index (χ4n) is 0.827. The molecule has 2 rings (SSSR count). The van der Waals surface area contributed by atoms with Gasteiger partial charge < -0.3 is 9.64 Å². The highest BCUT2D eigenvalue weighted by Crippen LogP contribution is 2.15. The molecular formula is C9H11BrN2O. The largest absolute Gasteiger partial charge is 0.378 e. The highest BCUT2D eigenvalue weighted by atomic mass is 79.9. The second-order valence-electron chi connectivity index (χ2n) is 2.18. The Morgan fingerprint density at radius 3 is 2.92 bits per heavy atom. The lowest BCUT2D eigenvalue weighted by molar-refractivity contribution is 0.122. The number of pyridine rings is 1. The van der Waals surface area contributed by atoms with E-state index in [-0.39, 0.29) is 10.4 Å². The van der Waals surface area contributed by atoms with Crippen molar-refractivity contribution in [2.45, 2.75) is 0 Å². The smallest absolute Gasteiger partial charge is 0.130 e. The lowest BCUT2D eigenvalue weighted by Crippen LogP contribution is -2.36. The minimum absolute atomic E-state index is 0.254. The van der Waals surface area contributed by atoms with Gasteiger partial charge in [0.2, 0.25) is 0 Å². The summed E-state index contributed by atoms with van der Waals surface area (Å²) in [6, 6.07) is 4.25. The summed E-state index contributed by atoms with van der Waals surface area (Å²) >= 11 is 3.06. The lowest BCUT2D eigenvalue weighted by Gasteiger charge is -2.27. The van der Waals surface area contributed by atoms with Gasteiger partial charge >= 0.3 is 0 Å². The van der Waals surface area contributed by atoms with E-state index in [1.165, 1.54) is 18.2 Å². The molecule has 0 atom stereocenters. The van der Waals surface area contributed by atoms with E-state index in [1.54, 1.807) is 0 Å². The van der Waals surface area contributed by atoms with Crippen LogP contribution < -0.4 is 4.90 Å². The van der Waals surface area contributed by atoms with Gasteiger partial charge in [-0.1, -0.05) is 6.07 Å². The molecule has 1 aliphatic rings. The molecule has 0 radical (unpaired) electrons. The van der Waals surface area contributed by atoms with Crippen molar-refractivity contribution in [2.75, 3.05) is 31.0 Å². The third-order valence-corrected chi connectivity index (χ3v) is 1.79. The molecule has 0 unspecified atom stereocenters. The Morgan fingerprint density at radius 1 is 1.46 bits per heavy atom. The average molecular weight is 251 g/mol. The van der Waals surface area contributed by atoms with Gasteiger partial charge in [-0.05, 0) is 28.1 Å². The minimum atomic E-state index is -3.08. The molecule has 3 nitrogen and oxygen atoms in total. The standard InChI is InChI=1S/C9H11BrN2O/c10-8-2-1-3-9(11-8)12-4-6-13-7-5-12/h1-3H,4-7H2/i4D2,5D2,6D2,7D2. The molecule has 1 aromatic rings. The predicted molar refractivity (Wildman–Crippen MR) is 55.0 cm³/mol. The molecule has 1 saturated heterocycles. The van der Waals surface area contributed by atoms with Crippen molar-refractivity contribution < 1.29 is 15.7 Å². The van der Waals surface area contributed by atoms with Crippen LogP contribution in [-0.2, 0) is 4.74 Å². The SMILES string of the molecule is [2H]C1([2H])OC([2H])([2H])C([2H])([2H])N(c2cccc(Br)n2)C1([2H])[2H]. The summed E-state index contributed by atoms with van der Waals surface area (Å²) in [5.74, 6) is -0.254. The first kappa shape index (κ1) is 3.51. The molecule has 4 heteroatoms. The van der Waals surface area contributed by atoms with E-state index in [4.69, 9.17) is 11.0 Å². The van der Waals surface area contributed by atoms with Gasteiger partial charge in [0.1, 0.15) is 10.4 Å². The molecule has 0 spiro atoms.